The maximum Gasteiger partial charge on any atom is 0.315 e. The second kappa shape index (κ2) is 8.62. The Morgan fingerprint density at radius 2 is 1.95 bits per heavy atom. The molecule has 0 heterocycles. The predicted molar refractivity (Wildman–Crippen MR) is 94.9 cm³/mol. The van der Waals surface area contributed by atoms with Gasteiger partial charge in [0.25, 0.3) is 0 Å². The second-order valence-electron chi connectivity index (χ2n) is 6.43. The number of carbonyl (C=O) groups is 1. The molecule has 0 aliphatic heterocycles. The third kappa shape index (κ3) is 5.92. The van der Waals surface area contributed by atoms with Gasteiger partial charge in [0, 0.05) is 6.54 Å². The molecule has 0 unspecified atom stereocenters. The predicted octanol–water partition coefficient (Wildman–Crippen LogP) is 4.83. The molecule has 0 aromatic heterocycles. The highest BCUT2D eigenvalue weighted by Gasteiger charge is 2.22. The normalized spacial score (nSPS) is 11.1. The van der Waals surface area contributed by atoms with Crippen molar-refractivity contribution in [3.05, 3.63) is 42.0 Å². The van der Waals surface area contributed by atoms with Crippen LogP contribution in [0, 0.1) is 0 Å². The summed E-state index contributed by atoms with van der Waals surface area (Å²) < 4.78 is 0. The highest BCUT2D eigenvalue weighted by Crippen LogP contribution is 2.23. The molecule has 0 radical (unpaired) electrons. The van der Waals surface area contributed by atoms with Crippen molar-refractivity contribution in [2.75, 3.05) is 6.54 Å². The van der Waals surface area contributed by atoms with Crippen molar-refractivity contribution in [1.29, 1.82) is 0 Å². The van der Waals surface area contributed by atoms with Gasteiger partial charge in [-0.2, -0.15) is 0 Å². The summed E-state index contributed by atoms with van der Waals surface area (Å²) in [6, 6.07) is 8.06. The van der Waals surface area contributed by atoms with Crippen molar-refractivity contribution in [3.8, 4) is 0 Å². The first-order valence-corrected chi connectivity index (χ1v) is 8.19. The number of amides is 2. The van der Waals surface area contributed by atoms with Crippen LogP contribution < -0.4 is 10.6 Å². The lowest BCUT2D eigenvalue weighted by Crippen LogP contribution is -2.46. The molecule has 0 fully saturated rings. The van der Waals surface area contributed by atoms with Crippen LogP contribution in [0.1, 0.15) is 64.5 Å². The molecule has 2 N–H and O–H groups in total. The van der Waals surface area contributed by atoms with E-state index < -0.39 is 5.54 Å². The Balaban J connectivity index is 2.57. The van der Waals surface area contributed by atoms with E-state index in [9.17, 15) is 4.79 Å². The first kappa shape index (κ1) is 18.3. The minimum Gasteiger partial charge on any atom is -0.338 e. The number of nitrogens with one attached hydrogen (secondary N) is 2. The number of urea groups is 1. The minimum absolute atomic E-state index is 0.109. The summed E-state index contributed by atoms with van der Waals surface area (Å²) in [5.41, 5.74) is 2.79. The molecule has 1 aromatic carbocycles. The molecule has 0 saturated carbocycles. The van der Waals surface area contributed by atoms with Gasteiger partial charge in [0.15, 0.2) is 0 Å². The van der Waals surface area contributed by atoms with Crippen molar-refractivity contribution in [1.82, 2.24) is 10.6 Å². The molecule has 2 amide bonds. The van der Waals surface area contributed by atoms with E-state index in [0.29, 0.717) is 0 Å². The molecular weight excluding hydrogens is 272 g/mol. The van der Waals surface area contributed by atoms with Crippen LogP contribution in [0.2, 0.25) is 0 Å². The van der Waals surface area contributed by atoms with E-state index in [1.165, 1.54) is 19.3 Å². The van der Waals surface area contributed by atoms with Crippen LogP contribution in [0.5, 0.6) is 0 Å². The van der Waals surface area contributed by atoms with Gasteiger partial charge < -0.3 is 10.6 Å². The van der Waals surface area contributed by atoms with Gasteiger partial charge in [-0.05, 0) is 44.4 Å². The Labute approximate surface area is 135 Å². The molecule has 0 atom stereocenters. The molecule has 22 heavy (non-hydrogen) atoms. The average Bonchev–Trinajstić information content (AvgIpc) is 2.46. The molecule has 0 spiro atoms. The molecule has 0 bridgehead atoms. The zero-order chi connectivity index (χ0) is 16.6. The van der Waals surface area contributed by atoms with Gasteiger partial charge >= 0.3 is 6.03 Å². The Morgan fingerprint density at radius 1 is 1.23 bits per heavy atom. The zero-order valence-electron chi connectivity index (χ0n) is 14.5. The Bertz CT molecular complexity index is 506. The van der Waals surface area contributed by atoms with Gasteiger partial charge in [0.2, 0.25) is 0 Å². The van der Waals surface area contributed by atoms with E-state index in [1.54, 1.807) is 0 Å². The topological polar surface area (TPSA) is 41.1 Å². The van der Waals surface area contributed by atoms with Gasteiger partial charge in [-0.15, -0.1) is 0 Å². The molecule has 0 saturated heterocycles. The fourth-order valence-electron chi connectivity index (χ4n) is 2.33. The van der Waals surface area contributed by atoms with Crippen LogP contribution in [0.4, 0.5) is 4.79 Å². The smallest absolute Gasteiger partial charge is 0.315 e. The lowest BCUT2D eigenvalue weighted by Gasteiger charge is -2.27. The van der Waals surface area contributed by atoms with Crippen LogP contribution >= 0.6 is 0 Å². The highest BCUT2D eigenvalue weighted by molar-refractivity contribution is 5.75. The van der Waals surface area contributed by atoms with E-state index in [0.717, 1.165) is 29.7 Å². The van der Waals surface area contributed by atoms with Crippen LogP contribution in [0.15, 0.2) is 30.8 Å². The largest absolute Gasteiger partial charge is 0.338 e. The average molecular weight is 302 g/mol. The number of rotatable bonds is 8. The summed E-state index contributed by atoms with van der Waals surface area (Å²) in [6.45, 7) is 12.9. The minimum atomic E-state index is -0.418. The lowest BCUT2D eigenvalue weighted by molar-refractivity contribution is 0.230. The van der Waals surface area contributed by atoms with Gasteiger partial charge in [-0.25, -0.2) is 4.79 Å². The Hall–Kier alpha value is -1.77. The molecule has 1 aromatic rings. The molecular formula is C19H30N2O. The number of hydrogen-bond donors (Lipinski definition) is 2. The Morgan fingerprint density at radius 3 is 2.59 bits per heavy atom. The molecule has 1 rings (SSSR count). The lowest BCUT2D eigenvalue weighted by atomic mass is 9.92. The first-order chi connectivity index (χ1) is 10.4. The molecule has 122 valence electrons. The van der Waals surface area contributed by atoms with E-state index >= 15 is 0 Å². The van der Waals surface area contributed by atoms with Crippen LogP contribution in [-0.4, -0.2) is 12.6 Å². The Kier molecular flexibility index (Phi) is 7.16. The van der Waals surface area contributed by atoms with E-state index in [4.69, 9.17) is 0 Å². The van der Waals surface area contributed by atoms with E-state index in [2.05, 4.69) is 30.2 Å². The molecule has 0 aliphatic carbocycles. The summed E-state index contributed by atoms with van der Waals surface area (Å²) in [5.74, 6) is 0. The highest BCUT2D eigenvalue weighted by atomic mass is 16.2. The number of allylic oxidation sites excluding steroid dienone is 1. The molecule has 0 aliphatic rings. The fourth-order valence-corrected chi connectivity index (χ4v) is 2.33. The quantitative estimate of drug-likeness (QED) is 0.663. The third-order valence-corrected chi connectivity index (χ3v) is 3.82. The molecule has 3 heteroatoms. The van der Waals surface area contributed by atoms with Crippen molar-refractivity contribution >= 4 is 11.6 Å². The van der Waals surface area contributed by atoms with Crippen molar-refractivity contribution in [2.24, 2.45) is 0 Å². The third-order valence-electron chi connectivity index (χ3n) is 3.82. The van der Waals surface area contributed by atoms with Crippen molar-refractivity contribution < 1.29 is 4.79 Å². The summed E-state index contributed by atoms with van der Waals surface area (Å²) in [5, 5.41) is 5.99. The fraction of sp³-hybridized carbons (Fsp3) is 0.526. The summed E-state index contributed by atoms with van der Waals surface area (Å²) in [6.07, 6.45) is 4.63. The molecule has 3 nitrogen and oxygen atoms in total. The van der Waals surface area contributed by atoms with E-state index in [-0.39, 0.29) is 6.03 Å². The SMILES string of the molecule is C=C(C)c1cccc(C(C)(C)NC(=O)NCCCCCC)c1. The number of hydrogen-bond acceptors (Lipinski definition) is 1. The number of benzene rings is 1. The maximum absolute atomic E-state index is 12.0. The van der Waals surface area contributed by atoms with Crippen molar-refractivity contribution in [3.63, 3.8) is 0 Å². The van der Waals surface area contributed by atoms with Crippen molar-refractivity contribution in [2.45, 2.75) is 58.9 Å². The zero-order valence-corrected chi connectivity index (χ0v) is 14.5. The summed E-state index contributed by atoms with van der Waals surface area (Å²) in [7, 11) is 0. The standard InChI is InChI=1S/C19H30N2O/c1-6-7-8-9-13-20-18(22)21-19(4,5)17-12-10-11-16(14-17)15(2)3/h10-12,14H,2,6-9,13H2,1,3-5H3,(H2,20,21,22). The second-order valence-corrected chi connectivity index (χ2v) is 6.43. The van der Waals surface area contributed by atoms with E-state index in [1.807, 2.05) is 39.0 Å². The van der Waals surface area contributed by atoms with Crippen LogP contribution in [-0.2, 0) is 5.54 Å². The van der Waals surface area contributed by atoms with Gasteiger partial charge in [0.1, 0.15) is 0 Å². The first-order valence-electron chi connectivity index (χ1n) is 8.19. The van der Waals surface area contributed by atoms with Crippen LogP contribution in [0.25, 0.3) is 5.57 Å². The summed E-state index contributed by atoms with van der Waals surface area (Å²) >= 11 is 0. The van der Waals surface area contributed by atoms with Crippen LogP contribution in [0.3, 0.4) is 0 Å². The summed E-state index contributed by atoms with van der Waals surface area (Å²) in [4.78, 5) is 12.0. The monoisotopic (exact) mass is 302 g/mol. The maximum atomic E-state index is 12.0. The van der Waals surface area contributed by atoms with Gasteiger partial charge in [-0.3, -0.25) is 0 Å². The number of unbranched alkanes of at least 4 members (excludes halogenated alkanes) is 3. The number of carbonyl (C=O) groups excluding carboxylic acids is 1. The van der Waals surface area contributed by atoms with Gasteiger partial charge in [0.05, 0.1) is 5.54 Å². The van der Waals surface area contributed by atoms with Gasteiger partial charge in [-0.1, -0.05) is 56.5 Å².